The molecule has 0 saturated heterocycles. The Morgan fingerprint density at radius 1 is 1.21 bits per heavy atom. The van der Waals surface area contributed by atoms with Crippen molar-refractivity contribution < 1.29 is 9.90 Å². The summed E-state index contributed by atoms with van der Waals surface area (Å²) in [6.45, 7) is 1.47. The molecule has 2 aromatic rings. The average molecular weight is 274 g/mol. The molecule has 0 saturated carbocycles. The summed E-state index contributed by atoms with van der Waals surface area (Å²) in [7, 11) is 0. The van der Waals surface area contributed by atoms with E-state index in [1.54, 1.807) is 12.1 Å². The monoisotopic (exact) mass is 274 g/mol. The summed E-state index contributed by atoms with van der Waals surface area (Å²) in [5.41, 5.74) is 7.12. The molecule has 0 spiro atoms. The number of phenolic OH excluding ortho intramolecular Hbond substituents is 1. The number of phenols is 1. The van der Waals surface area contributed by atoms with E-state index in [1.807, 2.05) is 24.3 Å². The lowest BCUT2D eigenvalue weighted by atomic mass is 10.3. The van der Waals surface area contributed by atoms with Gasteiger partial charge in [-0.05, 0) is 36.4 Å². The van der Waals surface area contributed by atoms with Crippen LogP contribution in [-0.4, -0.2) is 11.0 Å². The van der Waals surface area contributed by atoms with Crippen molar-refractivity contribution in [3.63, 3.8) is 0 Å². The van der Waals surface area contributed by atoms with E-state index in [1.165, 1.54) is 24.8 Å². The van der Waals surface area contributed by atoms with Crippen molar-refractivity contribution >= 4 is 29.0 Å². The van der Waals surface area contributed by atoms with Gasteiger partial charge in [0.25, 0.3) is 0 Å². The molecule has 0 aliphatic rings. The van der Waals surface area contributed by atoms with Gasteiger partial charge in [0.1, 0.15) is 5.75 Å². The number of carbonyl (C=O) groups is 1. The van der Waals surface area contributed by atoms with Gasteiger partial charge in [0.2, 0.25) is 5.91 Å². The maximum absolute atomic E-state index is 10.9. The molecule has 5 heteroatoms. The smallest absolute Gasteiger partial charge is 0.221 e. The van der Waals surface area contributed by atoms with Crippen LogP contribution in [0.2, 0.25) is 0 Å². The number of nitrogen functional groups attached to an aromatic ring is 1. The maximum atomic E-state index is 10.9. The van der Waals surface area contributed by atoms with Crippen LogP contribution < -0.4 is 11.1 Å². The van der Waals surface area contributed by atoms with Crippen molar-refractivity contribution in [2.24, 2.45) is 0 Å². The van der Waals surface area contributed by atoms with E-state index in [9.17, 15) is 9.90 Å². The Bertz CT molecular complexity index is 597. The van der Waals surface area contributed by atoms with Gasteiger partial charge in [-0.2, -0.15) is 0 Å². The van der Waals surface area contributed by atoms with Crippen molar-refractivity contribution in [1.82, 2.24) is 0 Å². The highest BCUT2D eigenvalue weighted by Gasteiger charge is 2.03. The number of anilines is 2. The molecule has 2 aromatic carbocycles. The fourth-order valence-electron chi connectivity index (χ4n) is 1.57. The van der Waals surface area contributed by atoms with Gasteiger partial charge in [0, 0.05) is 34.2 Å². The fraction of sp³-hybridized carbons (Fsp3) is 0.0714. The molecule has 4 nitrogen and oxygen atoms in total. The van der Waals surface area contributed by atoms with Crippen LogP contribution in [0.1, 0.15) is 6.92 Å². The zero-order valence-electron chi connectivity index (χ0n) is 10.4. The molecule has 0 bridgehead atoms. The number of benzene rings is 2. The van der Waals surface area contributed by atoms with Gasteiger partial charge in [-0.3, -0.25) is 4.79 Å². The van der Waals surface area contributed by atoms with Gasteiger partial charge < -0.3 is 16.2 Å². The van der Waals surface area contributed by atoms with Gasteiger partial charge in [0.15, 0.2) is 0 Å². The Kier molecular flexibility index (Phi) is 3.97. The molecule has 0 aliphatic heterocycles. The van der Waals surface area contributed by atoms with E-state index in [4.69, 9.17) is 5.73 Å². The van der Waals surface area contributed by atoms with Gasteiger partial charge in [-0.15, -0.1) is 0 Å². The molecule has 0 fully saturated rings. The molecule has 0 unspecified atom stereocenters. The lowest BCUT2D eigenvalue weighted by Crippen LogP contribution is -2.05. The van der Waals surface area contributed by atoms with E-state index in [2.05, 4.69) is 5.32 Å². The number of carbonyl (C=O) groups excluding carboxylic acids is 1. The van der Waals surface area contributed by atoms with Crippen LogP contribution in [0.3, 0.4) is 0 Å². The van der Waals surface area contributed by atoms with Crippen LogP contribution in [0.15, 0.2) is 52.3 Å². The Morgan fingerprint density at radius 2 is 1.89 bits per heavy atom. The molecule has 0 atom stereocenters. The minimum absolute atomic E-state index is 0.0943. The second-order valence-corrected chi connectivity index (χ2v) is 5.15. The zero-order chi connectivity index (χ0) is 13.8. The van der Waals surface area contributed by atoms with Crippen molar-refractivity contribution in [3.05, 3.63) is 42.5 Å². The minimum atomic E-state index is -0.0943. The Balaban J connectivity index is 2.13. The van der Waals surface area contributed by atoms with E-state index >= 15 is 0 Å². The Morgan fingerprint density at radius 3 is 2.47 bits per heavy atom. The summed E-state index contributed by atoms with van der Waals surface area (Å²) < 4.78 is 0. The van der Waals surface area contributed by atoms with E-state index in [0.717, 1.165) is 15.5 Å². The number of hydrogen-bond acceptors (Lipinski definition) is 4. The quantitative estimate of drug-likeness (QED) is 0.752. The number of amides is 1. The maximum Gasteiger partial charge on any atom is 0.221 e. The molecule has 1 amide bonds. The summed E-state index contributed by atoms with van der Waals surface area (Å²) in [6.07, 6.45) is 0. The second kappa shape index (κ2) is 5.67. The lowest BCUT2D eigenvalue weighted by molar-refractivity contribution is -0.114. The largest absolute Gasteiger partial charge is 0.508 e. The van der Waals surface area contributed by atoms with Crippen molar-refractivity contribution in [2.75, 3.05) is 11.1 Å². The number of aromatic hydroxyl groups is 1. The molecule has 0 radical (unpaired) electrons. The van der Waals surface area contributed by atoms with Crippen LogP contribution in [0.25, 0.3) is 0 Å². The second-order valence-electron chi connectivity index (χ2n) is 4.03. The molecule has 0 heterocycles. The Hall–Kier alpha value is -2.14. The summed E-state index contributed by atoms with van der Waals surface area (Å²) in [5, 5.41) is 12.0. The van der Waals surface area contributed by atoms with Gasteiger partial charge >= 0.3 is 0 Å². The highest BCUT2D eigenvalue weighted by molar-refractivity contribution is 7.99. The normalized spacial score (nSPS) is 10.2. The molecular weight excluding hydrogens is 260 g/mol. The molecule has 98 valence electrons. The van der Waals surface area contributed by atoms with Crippen LogP contribution in [0.4, 0.5) is 11.4 Å². The number of nitrogens with one attached hydrogen (secondary N) is 1. The summed E-state index contributed by atoms with van der Waals surface area (Å²) in [6, 6.07) is 12.4. The summed E-state index contributed by atoms with van der Waals surface area (Å²) in [4.78, 5) is 12.8. The predicted molar refractivity (Wildman–Crippen MR) is 77.4 cm³/mol. The van der Waals surface area contributed by atoms with Crippen molar-refractivity contribution in [3.8, 4) is 5.75 Å². The fourth-order valence-corrected chi connectivity index (χ4v) is 2.40. The topological polar surface area (TPSA) is 75.3 Å². The first-order valence-electron chi connectivity index (χ1n) is 5.68. The van der Waals surface area contributed by atoms with Crippen LogP contribution >= 0.6 is 11.8 Å². The van der Waals surface area contributed by atoms with Crippen LogP contribution in [-0.2, 0) is 4.79 Å². The molecule has 0 aliphatic carbocycles. The highest BCUT2D eigenvalue weighted by atomic mass is 32.2. The standard InChI is InChI=1S/C14H14N2O2S/c1-9(17)16-10-2-5-12(6-3-10)19-14-7-4-11(18)8-13(14)15/h2-8,18H,15H2,1H3,(H,16,17). The van der Waals surface area contributed by atoms with Crippen molar-refractivity contribution in [2.45, 2.75) is 16.7 Å². The van der Waals surface area contributed by atoms with E-state index < -0.39 is 0 Å². The van der Waals surface area contributed by atoms with Crippen LogP contribution in [0, 0.1) is 0 Å². The molecule has 19 heavy (non-hydrogen) atoms. The SMILES string of the molecule is CC(=O)Nc1ccc(Sc2ccc(O)cc2N)cc1. The van der Waals surface area contributed by atoms with Gasteiger partial charge in [0.05, 0.1) is 0 Å². The number of hydrogen-bond donors (Lipinski definition) is 3. The third kappa shape index (κ3) is 3.66. The first kappa shape index (κ1) is 13.3. The van der Waals surface area contributed by atoms with Crippen molar-refractivity contribution in [1.29, 1.82) is 0 Å². The molecular formula is C14H14N2O2S. The summed E-state index contributed by atoms with van der Waals surface area (Å²) >= 11 is 1.50. The number of rotatable bonds is 3. The first-order chi connectivity index (χ1) is 9.04. The lowest BCUT2D eigenvalue weighted by Gasteiger charge is -2.07. The minimum Gasteiger partial charge on any atom is -0.508 e. The first-order valence-corrected chi connectivity index (χ1v) is 6.50. The zero-order valence-corrected chi connectivity index (χ0v) is 11.2. The van der Waals surface area contributed by atoms with Crippen LogP contribution in [0.5, 0.6) is 5.75 Å². The third-order valence-electron chi connectivity index (χ3n) is 2.40. The average Bonchev–Trinajstić information content (AvgIpc) is 2.34. The van der Waals surface area contributed by atoms with E-state index in [-0.39, 0.29) is 11.7 Å². The highest BCUT2D eigenvalue weighted by Crippen LogP contribution is 2.34. The number of nitrogens with two attached hydrogens (primary N) is 1. The van der Waals surface area contributed by atoms with E-state index in [0.29, 0.717) is 5.69 Å². The Labute approximate surface area is 115 Å². The summed E-state index contributed by atoms with van der Waals surface area (Å²) in [5.74, 6) is 0.0611. The molecule has 4 N–H and O–H groups in total. The van der Waals surface area contributed by atoms with Gasteiger partial charge in [-0.25, -0.2) is 0 Å². The molecule has 0 aromatic heterocycles. The predicted octanol–water partition coefficient (Wildman–Crippen LogP) is 3.08. The third-order valence-corrected chi connectivity index (χ3v) is 3.50. The van der Waals surface area contributed by atoms with Gasteiger partial charge in [-0.1, -0.05) is 11.8 Å². The molecule has 2 rings (SSSR count).